The minimum absolute atomic E-state index is 0.00297. The molecule has 6 heteroatoms. The van der Waals surface area contributed by atoms with Crippen LogP contribution in [0.5, 0.6) is 0 Å². The number of rotatable bonds is 3. The molecule has 0 saturated carbocycles. The monoisotopic (exact) mass is 304 g/mol. The number of aromatic nitrogens is 2. The Morgan fingerprint density at radius 3 is 3.10 bits per heavy atom. The molecule has 0 spiro atoms. The van der Waals surface area contributed by atoms with Gasteiger partial charge < -0.3 is 10.6 Å². The zero-order valence-electron chi connectivity index (χ0n) is 11.6. The Hall–Kier alpha value is -1.85. The van der Waals surface area contributed by atoms with E-state index in [1.54, 1.807) is 23.0 Å². The predicted molar refractivity (Wildman–Crippen MR) is 82.8 cm³/mol. The van der Waals surface area contributed by atoms with Gasteiger partial charge in [-0.2, -0.15) is 5.10 Å². The number of nitrogens with zero attached hydrogens (tertiary/aromatic N) is 2. The Kier molecular flexibility index (Phi) is 4.22. The van der Waals surface area contributed by atoms with E-state index in [1.165, 1.54) is 0 Å². The fourth-order valence-corrected chi connectivity index (χ4v) is 2.70. The van der Waals surface area contributed by atoms with Gasteiger partial charge in [0.05, 0.1) is 17.3 Å². The Morgan fingerprint density at radius 2 is 2.38 bits per heavy atom. The second kappa shape index (κ2) is 6.28. The molecule has 2 aromatic rings. The number of anilines is 1. The van der Waals surface area contributed by atoms with Crippen LogP contribution in [0.2, 0.25) is 5.02 Å². The molecule has 110 valence electrons. The summed E-state index contributed by atoms with van der Waals surface area (Å²) in [5, 5.41) is 11.0. The summed E-state index contributed by atoms with van der Waals surface area (Å²) in [5.41, 5.74) is 1.49. The van der Waals surface area contributed by atoms with Crippen LogP contribution < -0.4 is 10.6 Å². The summed E-state index contributed by atoms with van der Waals surface area (Å²) >= 11 is 6.05. The summed E-state index contributed by atoms with van der Waals surface area (Å²) in [7, 11) is 0. The fraction of sp³-hybridized carbons (Fsp3) is 0.333. The Labute approximate surface area is 128 Å². The third kappa shape index (κ3) is 3.25. The lowest BCUT2D eigenvalue weighted by Crippen LogP contribution is -2.37. The molecule has 1 atom stereocenters. The lowest BCUT2D eigenvalue weighted by Gasteiger charge is -2.22. The molecule has 3 rings (SSSR count). The van der Waals surface area contributed by atoms with Crippen molar-refractivity contribution in [1.82, 2.24) is 15.1 Å². The highest BCUT2D eigenvalue weighted by Crippen LogP contribution is 2.25. The van der Waals surface area contributed by atoms with Crippen LogP contribution in [-0.2, 0) is 4.79 Å². The van der Waals surface area contributed by atoms with Crippen LogP contribution in [0.3, 0.4) is 0 Å². The van der Waals surface area contributed by atoms with Crippen LogP contribution >= 0.6 is 11.6 Å². The van der Waals surface area contributed by atoms with Crippen molar-refractivity contribution in [2.24, 2.45) is 5.92 Å². The Balaban J connectivity index is 1.84. The number of carbonyl (C=O) groups excluding carboxylic acids is 1. The zero-order valence-corrected chi connectivity index (χ0v) is 12.3. The van der Waals surface area contributed by atoms with Gasteiger partial charge in [-0.15, -0.1) is 0 Å². The van der Waals surface area contributed by atoms with Gasteiger partial charge in [-0.3, -0.25) is 4.79 Å². The first-order valence-corrected chi connectivity index (χ1v) is 7.43. The van der Waals surface area contributed by atoms with Crippen molar-refractivity contribution in [3.05, 3.63) is 41.7 Å². The van der Waals surface area contributed by atoms with E-state index in [0.717, 1.165) is 31.6 Å². The van der Waals surface area contributed by atoms with Crippen molar-refractivity contribution in [3.63, 3.8) is 0 Å². The van der Waals surface area contributed by atoms with Crippen LogP contribution in [-0.4, -0.2) is 28.8 Å². The van der Waals surface area contributed by atoms with Gasteiger partial charge in [0.15, 0.2) is 0 Å². The van der Waals surface area contributed by atoms with Gasteiger partial charge in [-0.25, -0.2) is 4.68 Å². The largest absolute Gasteiger partial charge is 0.324 e. The number of amides is 1. The standard InChI is InChI=1S/C15H17ClN4O/c16-12-4-5-14(20-8-2-7-18-20)13(9-12)19-15(21)11-3-1-6-17-10-11/h2,4-5,7-9,11,17H,1,3,6,10H2,(H,19,21)/t11-/m0/s1. The predicted octanol–water partition coefficient (Wildman–Crippen LogP) is 2.46. The number of benzene rings is 1. The zero-order chi connectivity index (χ0) is 14.7. The second-order valence-corrected chi connectivity index (χ2v) is 5.58. The maximum atomic E-state index is 12.4. The number of nitrogens with one attached hydrogen (secondary N) is 2. The van der Waals surface area contributed by atoms with E-state index >= 15 is 0 Å². The lowest BCUT2D eigenvalue weighted by molar-refractivity contribution is -0.120. The molecular weight excluding hydrogens is 288 g/mol. The highest BCUT2D eigenvalue weighted by Gasteiger charge is 2.22. The molecule has 2 heterocycles. The minimum Gasteiger partial charge on any atom is -0.324 e. The number of hydrogen-bond donors (Lipinski definition) is 2. The number of carbonyl (C=O) groups is 1. The molecule has 2 N–H and O–H groups in total. The van der Waals surface area contributed by atoms with Gasteiger partial charge in [0.2, 0.25) is 5.91 Å². The van der Waals surface area contributed by atoms with Gasteiger partial charge in [-0.1, -0.05) is 11.6 Å². The Morgan fingerprint density at radius 1 is 1.48 bits per heavy atom. The molecule has 1 aliphatic rings. The molecule has 1 aromatic heterocycles. The highest BCUT2D eigenvalue weighted by atomic mass is 35.5. The van der Waals surface area contributed by atoms with E-state index in [4.69, 9.17) is 11.6 Å². The lowest BCUT2D eigenvalue weighted by atomic mass is 9.99. The smallest absolute Gasteiger partial charge is 0.228 e. The summed E-state index contributed by atoms with van der Waals surface area (Å²) in [4.78, 5) is 12.4. The molecule has 1 aromatic carbocycles. The van der Waals surface area contributed by atoms with Gasteiger partial charge in [-0.05, 0) is 43.7 Å². The van der Waals surface area contributed by atoms with Crippen molar-refractivity contribution in [2.75, 3.05) is 18.4 Å². The van der Waals surface area contributed by atoms with Gasteiger partial charge in [0.25, 0.3) is 0 Å². The van der Waals surface area contributed by atoms with E-state index in [2.05, 4.69) is 15.7 Å². The third-order valence-corrected chi connectivity index (χ3v) is 3.87. The van der Waals surface area contributed by atoms with Crippen molar-refractivity contribution in [1.29, 1.82) is 0 Å². The Bertz CT molecular complexity index is 621. The van der Waals surface area contributed by atoms with Crippen LogP contribution in [0.1, 0.15) is 12.8 Å². The summed E-state index contributed by atoms with van der Waals surface area (Å²) in [6.45, 7) is 1.71. The van der Waals surface area contributed by atoms with E-state index in [-0.39, 0.29) is 11.8 Å². The minimum atomic E-state index is 0.00297. The van der Waals surface area contributed by atoms with E-state index in [0.29, 0.717) is 10.7 Å². The van der Waals surface area contributed by atoms with Gasteiger partial charge in [0.1, 0.15) is 0 Å². The van der Waals surface area contributed by atoms with E-state index in [1.807, 2.05) is 18.3 Å². The van der Waals surface area contributed by atoms with Gasteiger partial charge >= 0.3 is 0 Å². The summed E-state index contributed by atoms with van der Waals surface area (Å²) < 4.78 is 1.71. The van der Waals surface area contributed by atoms with E-state index < -0.39 is 0 Å². The molecule has 5 nitrogen and oxygen atoms in total. The fourth-order valence-electron chi connectivity index (χ4n) is 2.53. The molecule has 0 radical (unpaired) electrons. The average Bonchev–Trinajstić information content (AvgIpc) is 3.02. The molecule has 1 aliphatic heterocycles. The van der Waals surface area contributed by atoms with Crippen LogP contribution in [0.25, 0.3) is 5.69 Å². The third-order valence-electron chi connectivity index (χ3n) is 3.64. The van der Waals surface area contributed by atoms with Crippen LogP contribution in [0.15, 0.2) is 36.7 Å². The molecular formula is C15H17ClN4O. The number of halogens is 1. The molecule has 0 aliphatic carbocycles. The van der Waals surface area contributed by atoms with Crippen molar-refractivity contribution in [3.8, 4) is 5.69 Å². The average molecular weight is 305 g/mol. The maximum absolute atomic E-state index is 12.4. The number of hydrogen-bond acceptors (Lipinski definition) is 3. The maximum Gasteiger partial charge on any atom is 0.228 e. The number of piperidine rings is 1. The highest BCUT2D eigenvalue weighted by molar-refractivity contribution is 6.31. The van der Waals surface area contributed by atoms with Crippen molar-refractivity contribution >= 4 is 23.2 Å². The van der Waals surface area contributed by atoms with Crippen molar-refractivity contribution in [2.45, 2.75) is 12.8 Å². The summed E-state index contributed by atoms with van der Waals surface area (Å²) in [6.07, 6.45) is 5.47. The first-order chi connectivity index (χ1) is 10.2. The SMILES string of the molecule is O=C(Nc1cc(Cl)ccc1-n1cccn1)[C@H]1CCCNC1. The molecule has 1 fully saturated rings. The topological polar surface area (TPSA) is 59.0 Å². The second-order valence-electron chi connectivity index (χ2n) is 5.14. The van der Waals surface area contributed by atoms with Crippen LogP contribution in [0, 0.1) is 5.92 Å². The summed E-state index contributed by atoms with van der Waals surface area (Å²) in [6, 6.07) is 7.23. The van der Waals surface area contributed by atoms with Gasteiger partial charge in [0, 0.05) is 24.0 Å². The molecule has 21 heavy (non-hydrogen) atoms. The normalized spacial score (nSPS) is 18.4. The molecule has 1 saturated heterocycles. The first kappa shape index (κ1) is 14.1. The summed E-state index contributed by atoms with van der Waals surface area (Å²) in [5.74, 6) is 0.0288. The van der Waals surface area contributed by atoms with Crippen LogP contribution in [0.4, 0.5) is 5.69 Å². The molecule has 0 bridgehead atoms. The molecule has 1 amide bonds. The van der Waals surface area contributed by atoms with E-state index in [9.17, 15) is 4.79 Å². The quantitative estimate of drug-likeness (QED) is 0.916. The van der Waals surface area contributed by atoms with Crippen molar-refractivity contribution < 1.29 is 4.79 Å². The molecule has 0 unspecified atom stereocenters. The first-order valence-electron chi connectivity index (χ1n) is 7.05.